The number of thiazole rings is 2. The number of ether oxygens (including phenoxy) is 1. The van der Waals surface area contributed by atoms with Crippen LogP contribution in [0.25, 0.3) is 0 Å². The molecule has 27 heavy (non-hydrogen) atoms. The Morgan fingerprint density at radius 1 is 1.44 bits per heavy atom. The lowest BCUT2D eigenvalue weighted by atomic mass is 10.1. The molecule has 0 saturated carbocycles. The van der Waals surface area contributed by atoms with E-state index in [1.165, 1.54) is 33.5 Å². The summed E-state index contributed by atoms with van der Waals surface area (Å²) in [4.78, 5) is 21.3. The maximum absolute atomic E-state index is 12.6. The van der Waals surface area contributed by atoms with E-state index in [9.17, 15) is 9.90 Å². The molecule has 9 heteroatoms. The van der Waals surface area contributed by atoms with Crippen LogP contribution in [0.4, 0.5) is 5.13 Å². The highest BCUT2D eigenvalue weighted by Gasteiger charge is 2.27. The van der Waals surface area contributed by atoms with Crippen LogP contribution in [0.5, 0.6) is 5.88 Å². The predicted molar refractivity (Wildman–Crippen MR) is 110 cm³/mol. The first-order valence-electron chi connectivity index (χ1n) is 8.18. The van der Waals surface area contributed by atoms with E-state index in [0.717, 1.165) is 5.56 Å². The third-order valence-electron chi connectivity index (χ3n) is 3.70. The lowest BCUT2D eigenvalue weighted by Gasteiger charge is -2.18. The second kappa shape index (κ2) is 9.03. The minimum Gasteiger partial charge on any atom is -0.493 e. The summed E-state index contributed by atoms with van der Waals surface area (Å²) in [5.74, 6) is -0.534. The molecular weight excluding hydrogens is 402 g/mol. The summed E-state index contributed by atoms with van der Waals surface area (Å²) in [5.41, 5.74) is 0.945. The van der Waals surface area contributed by atoms with E-state index in [1.54, 1.807) is 13.1 Å². The van der Waals surface area contributed by atoms with Crippen LogP contribution in [-0.4, -0.2) is 33.4 Å². The molecule has 3 rings (SSSR count). The van der Waals surface area contributed by atoms with E-state index in [1.807, 2.05) is 35.7 Å². The van der Waals surface area contributed by atoms with Gasteiger partial charge in [-0.25, -0.2) is 14.8 Å². The molecule has 1 unspecified atom stereocenters. The zero-order chi connectivity index (χ0) is 19.2. The number of rotatable bonds is 7. The van der Waals surface area contributed by atoms with Crippen LogP contribution in [0.15, 0.2) is 46.9 Å². The first kappa shape index (κ1) is 19.4. The number of aliphatic imine (C=N–C) groups is 1. The maximum Gasteiger partial charge on any atom is 0.329 e. The van der Waals surface area contributed by atoms with Crippen LogP contribution in [0.3, 0.4) is 0 Å². The molecule has 0 saturated heterocycles. The molecule has 140 valence electrons. The molecule has 1 N–H and O–H groups in total. The van der Waals surface area contributed by atoms with Crippen LogP contribution in [0.2, 0.25) is 0 Å². The van der Waals surface area contributed by atoms with Gasteiger partial charge in [-0.1, -0.05) is 41.7 Å². The molecule has 6 nitrogen and oxygen atoms in total. The quantitative estimate of drug-likeness (QED) is 0.346. The number of hydrogen-bond donors (Lipinski definition) is 1. The van der Waals surface area contributed by atoms with Gasteiger partial charge in [0, 0.05) is 18.0 Å². The Bertz CT molecular complexity index is 978. The van der Waals surface area contributed by atoms with Crippen molar-refractivity contribution >= 4 is 52.2 Å². The third kappa shape index (κ3) is 4.68. The van der Waals surface area contributed by atoms with E-state index >= 15 is 0 Å². The molecule has 2 aromatic heterocycles. The van der Waals surface area contributed by atoms with Crippen LogP contribution >= 0.6 is 34.9 Å². The van der Waals surface area contributed by atoms with Gasteiger partial charge in [-0.2, -0.15) is 0 Å². The molecule has 1 aromatic carbocycles. The van der Waals surface area contributed by atoms with Crippen molar-refractivity contribution in [3.8, 4) is 5.88 Å². The van der Waals surface area contributed by atoms with Crippen LogP contribution in [0.1, 0.15) is 23.4 Å². The Hall–Kier alpha value is -2.36. The number of esters is 1. The number of carbonyl (C=O) groups is 1. The highest BCUT2D eigenvalue weighted by molar-refractivity contribution is 7.73. The summed E-state index contributed by atoms with van der Waals surface area (Å²) in [6.45, 7) is 2.00. The average molecular weight is 420 g/mol. The lowest BCUT2D eigenvalue weighted by molar-refractivity contribution is -0.147. The zero-order valence-electron chi connectivity index (χ0n) is 14.4. The molecule has 2 heterocycles. The molecule has 0 amide bonds. The largest absolute Gasteiger partial charge is 0.493 e. The Morgan fingerprint density at radius 3 is 2.89 bits per heavy atom. The van der Waals surface area contributed by atoms with Gasteiger partial charge in [0.1, 0.15) is 10.9 Å². The highest BCUT2D eigenvalue weighted by atomic mass is 32.1. The molecule has 0 fully saturated rings. The van der Waals surface area contributed by atoms with Crippen molar-refractivity contribution in [2.45, 2.75) is 19.4 Å². The fraction of sp³-hybridized carbons (Fsp3) is 0.222. The summed E-state index contributed by atoms with van der Waals surface area (Å²) in [6.07, 6.45) is 3.53. The van der Waals surface area contributed by atoms with Gasteiger partial charge in [0.2, 0.25) is 11.0 Å². The van der Waals surface area contributed by atoms with E-state index < -0.39 is 12.0 Å². The fourth-order valence-corrected chi connectivity index (χ4v) is 4.26. The van der Waals surface area contributed by atoms with E-state index in [2.05, 4.69) is 9.98 Å². The van der Waals surface area contributed by atoms with Gasteiger partial charge < -0.3 is 9.84 Å². The number of carbonyl (C=O) groups excluding carboxylic acids is 1. The summed E-state index contributed by atoms with van der Waals surface area (Å²) in [5, 5.41) is 13.1. The van der Waals surface area contributed by atoms with E-state index in [-0.39, 0.29) is 12.5 Å². The third-order valence-corrected chi connectivity index (χ3v) is 5.70. The number of hydrogen-bond acceptors (Lipinski definition) is 8. The summed E-state index contributed by atoms with van der Waals surface area (Å²) in [6, 6.07) is 8.79. The SMILES string of the molecule is CCOC(=O)C(Cc1ccccc1)n1c(O)c(C=Nc2nccs2)sc1=S. The number of aromatic nitrogens is 2. The van der Waals surface area contributed by atoms with Crippen molar-refractivity contribution in [3.63, 3.8) is 0 Å². The first-order valence-corrected chi connectivity index (χ1v) is 10.3. The van der Waals surface area contributed by atoms with Crippen molar-refractivity contribution in [2.75, 3.05) is 6.61 Å². The Kier molecular flexibility index (Phi) is 6.49. The van der Waals surface area contributed by atoms with Crippen LogP contribution < -0.4 is 0 Å². The molecule has 1 atom stereocenters. The normalized spacial score (nSPS) is 12.3. The van der Waals surface area contributed by atoms with Gasteiger partial charge in [-0.05, 0) is 24.7 Å². The molecule has 0 radical (unpaired) electrons. The molecule has 0 aliphatic carbocycles. The van der Waals surface area contributed by atoms with Crippen molar-refractivity contribution in [2.24, 2.45) is 4.99 Å². The molecule has 0 aliphatic heterocycles. The van der Waals surface area contributed by atoms with E-state index in [0.29, 0.717) is 20.4 Å². The van der Waals surface area contributed by atoms with Gasteiger partial charge >= 0.3 is 5.97 Å². The summed E-state index contributed by atoms with van der Waals surface area (Å²) >= 11 is 7.98. The minimum atomic E-state index is -0.752. The van der Waals surface area contributed by atoms with Crippen molar-refractivity contribution in [3.05, 3.63) is 56.3 Å². The Labute approximate surface area is 169 Å². The first-order chi connectivity index (χ1) is 13.1. The van der Waals surface area contributed by atoms with Crippen molar-refractivity contribution in [1.82, 2.24) is 9.55 Å². The maximum atomic E-state index is 12.6. The summed E-state index contributed by atoms with van der Waals surface area (Å²) in [7, 11) is 0. The van der Waals surface area contributed by atoms with Gasteiger partial charge in [0.15, 0.2) is 3.95 Å². The number of aromatic hydroxyl groups is 1. The molecule has 3 aromatic rings. The fourth-order valence-electron chi connectivity index (χ4n) is 2.50. The predicted octanol–water partition coefficient (Wildman–Crippen LogP) is 4.54. The second-order valence-corrected chi connectivity index (χ2v) is 8.01. The second-order valence-electron chi connectivity index (χ2n) is 5.46. The summed E-state index contributed by atoms with van der Waals surface area (Å²) < 4.78 is 7.03. The Balaban J connectivity index is 1.96. The standard InChI is InChI=1S/C18H17N3O3S3/c1-2-24-16(23)13(10-12-6-4-3-5-7-12)21-15(22)14(27-18(21)25)11-20-17-19-8-9-26-17/h3-9,11,13,22H,2,10H2,1H3. The molecule has 0 aliphatic rings. The number of benzene rings is 1. The van der Waals surface area contributed by atoms with Crippen LogP contribution in [0, 0.1) is 3.95 Å². The smallest absolute Gasteiger partial charge is 0.329 e. The highest BCUT2D eigenvalue weighted by Crippen LogP contribution is 2.31. The zero-order valence-corrected chi connectivity index (χ0v) is 16.9. The monoisotopic (exact) mass is 419 g/mol. The van der Waals surface area contributed by atoms with Crippen molar-refractivity contribution in [1.29, 1.82) is 0 Å². The lowest BCUT2D eigenvalue weighted by Crippen LogP contribution is -2.24. The number of nitrogens with zero attached hydrogens (tertiary/aromatic N) is 3. The molecular formula is C18H17N3O3S3. The van der Waals surface area contributed by atoms with Crippen LogP contribution in [-0.2, 0) is 16.0 Å². The molecule has 0 spiro atoms. The minimum absolute atomic E-state index is 0.0979. The van der Waals surface area contributed by atoms with Gasteiger partial charge in [0.05, 0.1) is 12.8 Å². The topological polar surface area (TPSA) is 76.7 Å². The van der Waals surface area contributed by atoms with E-state index in [4.69, 9.17) is 17.0 Å². The average Bonchev–Trinajstić information content (AvgIpc) is 3.27. The van der Waals surface area contributed by atoms with Gasteiger partial charge in [-0.15, -0.1) is 11.3 Å². The van der Waals surface area contributed by atoms with Gasteiger partial charge in [-0.3, -0.25) is 4.57 Å². The van der Waals surface area contributed by atoms with Gasteiger partial charge in [0.25, 0.3) is 0 Å². The van der Waals surface area contributed by atoms with Crippen molar-refractivity contribution < 1.29 is 14.6 Å². The molecule has 0 bridgehead atoms. The Morgan fingerprint density at radius 2 is 2.22 bits per heavy atom.